The fourth-order valence-electron chi connectivity index (χ4n) is 2.56. The Kier molecular flexibility index (Phi) is 5.65. The number of carbonyl (C=O) groups is 1. The van der Waals surface area contributed by atoms with Gasteiger partial charge in [0, 0.05) is 6.54 Å². The minimum atomic E-state index is 0.746. The largest absolute Gasteiger partial charge is 0.358 e. The first kappa shape index (κ1) is 11.5. The molecule has 1 unspecified atom stereocenters. The van der Waals surface area contributed by atoms with Gasteiger partial charge in [-0.3, -0.25) is 4.79 Å². The molecule has 1 rings (SSSR count). The number of hydrogen-bond donors (Lipinski definition) is 1. The average molecular weight is 197 g/mol. The van der Waals surface area contributed by atoms with Crippen molar-refractivity contribution in [3.05, 3.63) is 0 Å². The van der Waals surface area contributed by atoms with Crippen molar-refractivity contribution < 1.29 is 4.79 Å². The van der Waals surface area contributed by atoms with Gasteiger partial charge in [0.25, 0.3) is 0 Å². The Bertz CT molecular complexity index is 158. The van der Waals surface area contributed by atoms with Crippen LogP contribution in [0.25, 0.3) is 0 Å². The topological polar surface area (TPSA) is 29.1 Å². The van der Waals surface area contributed by atoms with E-state index >= 15 is 0 Å². The van der Waals surface area contributed by atoms with Crippen molar-refractivity contribution in [3.63, 3.8) is 0 Å². The normalized spacial score (nSPS) is 27.2. The molecule has 0 radical (unpaired) electrons. The zero-order chi connectivity index (χ0) is 10.2. The van der Waals surface area contributed by atoms with Crippen LogP contribution in [-0.4, -0.2) is 13.0 Å². The quantitative estimate of drug-likeness (QED) is 0.652. The summed E-state index contributed by atoms with van der Waals surface area (Å²) in [4.78, 5) is 10.2. The first-order valence-corrected chi connectivity index (χ1v) is 6.03. The van der Waals surface area contributed by atoms with E-state index in [1.54, 1.807) is 0 Å². The Hall–Kier alpha value is -0.530. The van der Waals surface area contributed by atoms with Gasteiger partial charge >= 0.3 is 0 Å². The van der Waals surface area contributed by atoms with Gasteiger partial charge < -0.3 is 5.32 Å². The number of hydrogen-bond acceptors (Lipinski definition) is 1. The van der Waals surface area contributed by atoms with Crippen LogP contribution in [0.5, 0.6) is 0 Å². The van der Waals surface area contributed by atoms with Crippen molar-refractivity contribution >= 4 is 6.41 Å². The number of carbonyl (C=O) groups excluding carboxylic acids is 1. The highest BCUT2D eigenvalue weighted by atomic mass is 16.1. The van der Waals surface area contributed by atoms with Crippen LogP contribution in [0, 0.1) is 11.8 Å². The molecule has 0 saturated heterocycles. The molecule has 0 bridgehead atoms. The molecule has 1 fully saturated rings. The van der Waals surface area contributed by atoms with Gasteiger partial charge in [-0.25, -0.2) is 0 Å². The van der Waals surface area contributed by atoms with Crippen LogP contribution in [0.1, 0.15) is 51.9 Å². The molecule has 1 N–H and O–H groups in total. The average Bonchev–Trinajstić information content (AvgIpc) is 2.24. The van der Waals surface area contributed by atoms with Gasteiger partial charge in [-0.1, -0.05) is 39.0 Å². The maximum Gasteiger partial charge on any atom is 0.207 e. The fourth-order valence-corrected chi connectivity index (χ4v) is 2.56. The van der Waals surface area contributed by atoms with Crippen LogP contribution in [0.2, 0.25) is 0 Å². The van der Waals surface area contributed by atoms with Crippen molar-refractivity contribution in [2.45, 2.75) is 51.9 Å². The molecule has 14 heavy (non-hydrogen) atoms. The molecule has 0 heterocycles. The Labute approximate surface area is 87.5 Å². The van der Waals surface area contributed by atoms with E-state index in [-0.39, 0.29) is 0 Å². The van der Waals surface area contributed by atoms with Crippen molar-refractivity contribution in [1.29, 1.82) is 0 Å². The molecule has 1 amide bonds. The van der Waals surface area contributed by atoms with Gasteiger partial charge in [0.05, 0.1) is 0 Å². The number of nitrogens with one attached hydrogen (secondary N) is 1. The van der Waals surface area contributed by atoms with E-state index in [4.69, 9.17) is 0 Å². The Morgan fingerprint density at radius 1 is 1.36 bits per heavy atom. The number of amides is 1. The lowest BCUT2D eigenvalue weighted by atomic mass is 9.79. The van der Waals surface area contributed by atoms with Crippen LogP contribution in [0.15, 0.2) is 0 Å². The zero-order valence-corrected chi connectivity index (χ0v) is 9.30. The standard InChI is InChI=1S/C12H23NO/c1-2-3-5-11-6-4-7-12(8-11)9-13-10-14/h10-12H,2-9H2,1H3,(H,13,14)/t11-,12?/m0/s1. The number of rotatable bonds is 6. The van der Waals surface area contributed by atoms with Gasteiger partial charge in [-0.05, 0) is 24.7 Å². The van der Waals surface area contributed by atoms with E-state index in [1.807, 2.05) is 0 Å². The van der Waals surface area contributed by atoms with Crippen LogP contribution >= 0.6 is 0 Å². The summed E-state index contributed by atoms with van der Waals surface area (Å²) in [6, 6.07) is 0. The predicted molar refractivity (Wildman–Crippen MR) is 59.0 cm³/mol. The van der Waals surface area contributed by atoms with Crippen LogP contribution in [-0.2, 0) is 4.79 Å². The molecule has 0 aliphatic heterocycles. The summed E-state index contributed by atoms with van der Waals surface area (Å²) in [6.07, 6.45) is 10.3. The molecule has 1 aliphatic carbocycles. The number of unbranched alkanes of at least 4 members (excludes halogenated alkanes) is 1. The molecule has 0 aromatic carbocycles. The lowest BCUT2D eigenvalue weighted by Gasteiger charge is -2.28. The van der Waals surface area contributed by atoms with E-state index in [2.05, 4.69) is 12.2 Å². The molecule has 0 aromatic rings. The molecular weight excluding hydrogens is 174 g/mol. The predicted octanol–water partition coefficient (Wildman–Crippen LogP) is 2.73. The summed E-state index contributed by atoms with van der Waals surface area (Å²) in [5.41, 5.74) is 0. The van der Waals surface area contributed by atoms with Gasteiger partial charge in [0.15, 0.2) is 0 Å². The second-order valence-corrected chi connectivity index (χ2v) is 4.57. The molecule has 2 nitrogen and oxygen atoms in total. The highest BCUT2D eigenvalue weighted by molar-refractivity contribution is 5.45. The third kappa shape index (κ3) is 4.12. The van der Waals surface area contributed by atoms with Crippen molar-refractivity contribution in [3.8, 4) is 0 Å². The van der Waals surface area contributed by atoms with Crippen LogP contribution in [0.4, 0.5) is 0 Å². The molecule has 0 aromatic heterocycles. The molecule has 1 aliphatic rings. The second kappa shape index (κ2) is 6.86. The monoisotopic (exact) mass is 197 g/mol. The molecule has 82 valence electrons. The van der Waals surface area contributed by atoms with Crippen molar-refractivity contribution in [2.24, 2.45) is 11.8 Å². The SMILES string of the molecule is CCCC[C@H]1CCCC(CNC=O)C1. The first-order valence-electron chi connectivity index (χ1n) is 6.03. The summed E-state index contributed by atoms with van der Waals surface area (Å²) in [7, 11) is 0. The molecular formula is C12H23NO. The second-order valence-electron chi connectivity index (χ2n) is 4.57. The molecule has 2 atom stereocenters. The van der Waals surface area contributed by atoms with Crippen LogP contribution in [0.3, 0.4) is 0 Å². The Morgan fingerprint density at radius 2 is 2.14 bits per heavy atom. The van der Waals surface area contributed by atoms with Gasteiger partial charge in [0.2, 0.25) is 6.41 Å². The van der Waals surface area contributed by atoms with E-state index in [0.717, 1.165) is 24.8 Å². The van der Waals surface area contributed by atoms with E-state index in [0.29, 0.717) is 0 Å². The van der Waals surface area contributed by atoms with Crippen molar-refractivity contribution in [2.75, 3.05) is 6.54 Å². The summed E-state index contributed by atoms with van der Waals surface area (Å²) in [6.45, 7) is 3.15. The zero-order valence-electron chi connectivity index (χ0n) is 9.30. The van der Waals surface area contributed by atoms with Gasteiger partial charge in [0.1, 0.15) is 0 Å². The van der Waals surface area contributed by atoms with Crippen molar-refractivity contribution in [1.82, 2.24) is 5.32 Å². The van der Waals surface area contributed by atoms with E-state index < -0.39 is 0 Å². The molecule has 0 spiro atoms. The minimum Gasteiger partial charge on any atom is -0.358 e. The lowest BCUT2D eigenvalue weighted by molar-refractivity contribution is -0.109. The van der Waals surface area contributed by atoms with Gasteiger partial charge in [-0.2, -0.15) is 0 Å². The molecule has 1 saturated carbocycles. The first-order chi connectivity index (χ1) is 6.86. The highest BCUT2D eigenvalue weighted by Crippen LogP contribution is 2.31. The third-order valence-corrected chi connectivity index (χ3v) is 3.35. The Balaban J connectivity index is 2.17. The van der Waals surface area contributed by atoms with Crippen LogP contribution < -0.4 is 5.32 Å². The van der Waals surface area contributed by atoms with Gasteiger partial charge in [-0.15, -0.1) is 0 Å². The lowest BCUT2D eigenvalue weighted by Crippen LogP contribution is -2.26. The maximum absolute atomic E-state index is 10.2. The highest BCUT2D eigenvalue weighted by Gasteiger charge is 2.20. The summed E-state index contributed by atoms with van der Waals surface area (Å²) in [5.74, 6) is 1.68. The fraction of sp³-hybridized carbons (Fsp3) is 0.917. The molecule has 2 heteroatoms. The summed E-state index contributed by atoms with van der Waals surface area (Å²) >= 11 is 0. The Morgan fingerprint density at radius 3 is 2.86 bits per heavy atom. The smallest absolute Gasteiger partial charge is 0.207 e. The third-order valence-electron chi connectivity index (χ3n) is 3.35. The summed E-state index contributed by atoms with van der Waals surface area (Å²) in [5, 5.41) is 2.81. The summed E-state index contributed by atoms with van der Waals surface area (Å²) < 4.78 is 0. The van der Waals surface area contributed by atoms with E-state index in [9.17, 15) is 4.79 Å². The minimum absolute atomic E-state index is 0.746. The van der Waals surface area contributed by atoms with E-state index in [1.165, 1.54) is 44.9 Å². The maximum atomic E-state index is 10.2.